The Balaban J connectivity index is 2.43. The van der Waals surface area contributed by atoms with E-state index in [-0.39, 0.29) is 17.7 Å². The molecule has 7 heteroatoms. The van der Waals surface area contributed by atoms with Crippen molar-refractivity contribution in [1.82, 2.24) is 0 Å². The third-order valence-corrected chi connectivity index (χ3v) is 5.49. The molecule has 2 aromatic rings. The van der Waals surface area contributed by atoms with Crippen molar-refractivity contribution in [2.75, 3.05) is 13.7 Å². The zero-order valence-electron chi connectivity index (χ0n) is 24.0. The number of benzene rings is 2. The fraction of sp³-hybridized carbons (Fsp3) is 0.452. The maximum Gasteiger partial charge on any atom is 0.316 e. The first-order valence-corrected chi connectivity index (χ1v) is 12.9. The van der Waals surface area contributed by atoms with E-state index >= 15 is 0 Å². The quantitative estimate of drug-likeness (QED) is 0.145. The van der Waals surface area contributed by atoms with Crippen molar-refractivity contribution < 1.29 is 33.3 Å². The summed E-state index contributed by atoms with van der Waals surface area (Å²) in [4.78, 5) is 37.7. The molecule has 0 fully saturated rings. The molecule has 2 aromatic carbocycles. The normalized spacial score (nSPS) is 11.8. The average molecular weight is 525 g/mol. The van der Waals surface area contributed by atoms with Gasteiger partial charge in [-0.2, -0.15) is 0 Å². The van der Waals surface area contributed by atoms with Gasteiger partial charge in [-0.25, -0.2) is 0 Å². The Bertz CT molecular complexity index is 1180. The largest absolute Gasteiger partial charge is 0.490 e. The van der Waals surface area contributed by atoms with E-state index in [4.69, 9.17) is 18.9 Å². The summed E-state index contributed by atoms with van der Waals surface area (Å²) >= 11 is 0. The van der Waals surface area contributed by atoms with Crippen LogP contribution in [0.2, 0.25) is 0 Å². The van der Waals surface area contributed by atoms with E-state index < -0.39 is 10.8 Å². The molecule has 0 saturated carbocycles. The van der Waals surface area contributed by atoms with Crippen molar-refractivity contribution >= 4 is 23.8 Å². The molecule has 0 radical (unpaired) electrons. The van der Waals surface area contributed by atoms with Crippen molar-refractivity contribution in [2.45, 2.75) is 68.2 Å². The van der Waals surface area contributed by atoms with E-state index in [1.54, 1.807) is 71.9 Å². The highest BCUT2D eigenvalue weighted by atomic mass is 16.6. The lowest BCUT2D eigenvalue weighted by atomic mass is 9.97. The number of rotatable bonds is 10. The highest BCUT2D eigenvalue weighted by Crippen LogP contribution is 2.45. The fourth-order valence-electron chi connectivity index (χ4n) is 3.32. The van der Waals surface area contributed by atoms with Gasteiger partial charge in [0.25, 0.3) is 0 Å². The Morgan fingerprint density at radius 1 is 0.816 bits per heavy atom. The molecule has 2 rings (SSSR count). The second-order valence-electron chi connectivity index (χ2n) is 11.0. The highest BCUT2D eigenvalue weighted by molar-refractivity contribution is 6.07. The van der Waals surface area contributed by atoms with E-state index in [1.807, 2.05) is 19.9 Å². The number of hydrogen-bond donors (Lipinski definition) is 0. The lowest BCUT2D eigenvalue weighted by Crippen LogP contribution is -2.26. The van der Waals surface area contributed by atoms with Gasteiger partial charge in [-0.1, -0.05) is 13.3 Å². The van der Waals surface area contributed by atoms with Crippen LogP contribution in [0.3, 0.4) is 0 Å². The highest BCUT2D eigenvalue weighted by Gasteiger charge is 2.29. The second kappa shape index (κ2) is 12.8. The summed E-state index contributed by atoms with van der Waals surface area (Å²) in [6, 6.07) is 8.27. The molecule has 0 spiro atoms. The minimum atomic E-state index is -0.702. The van der Waals surface area contributed by atoms with Crippen LogP contribution in [-0.2, 0) is 16.0 Å². The van der Waals surface area contributed by atoms with Gasteiger partial charge in [0.15, 0.2) is 17.3 Å². The predicted molar refractivity (Wildman–Crippen MR) is 148 cm³/mol. The number of esters is 2. The standard InChI is InChI=1S/C31H40O7/c1-10-12-21-19-22(25(36-11-2)27(35-9)26(21)38-29(34)31(6,7)8)15-18-24(32)20-13-16-23(17-14-20)37-28(33)30(3,4)5/h13-19H,10-12H2,1-9H3. The smallest absolute Gasteiger partial charge is 0.316 e. The number of methoxy groups -OCH3 is 1. The first-order valence-electron chi connectivity index (χ1n) is 12.9. The summed E-state index contributed by atoms with van der Waals surface area (Å²) in [6.07, 6.45) is 4.56. The zero-order chi connectivity index (χ0) is 28.7. The Hall–Kier alpha value is -3.61. The molecule has 206 valence electrons. The van der Waals surface area contributed by atoms with Gasteiger partial charge in [0.1, 0.15) is 5.75 Å². The van der Waals surface area contributed by atoms with Crippen molar-refractivity contribution in [3.63, 3.8) is 0 Å². The van der Waals surface area contributed by atoms with E-state index in [0.29, 0.717) is 47.2 Å². The van der Waals surface area contributed by atoms with Crippen molar-refractivity contribution in [2.24, 2.45) is 10.8 Å². The van der Waals surface area contributed by atoms with Crippen LogP contribution in [0.1, 0.15) is 83.3 Å². The molecular weight excluding hydrogens is 484 g/mol. The monoisotopic (exact) mass is 524 g/mol. The molecule has 7 nitrogen and oxygen atoms in total. The van der Waals surface area contributed by atoms with Gasteiger partial charge in [0.2, 0.25) is 5.75 Å². The first-order chi connectivity index (χ1) is 17.7. The van der Waals surface area contributed by atoms with E-state index in [0.717, 1.165) is 12.0 Å². The molecule has 0 aromatic heterocycles. The molecule has 0 aliphatic rings. The second-order valence-corrected chi connectivity index (χ2v) is 11.0. The lowest BCUT2D eigenvalue weighted by molar-refractivity contribution is -0.143. The Morgan fingerprint density at radius 2 is 1.39 bits per heavy atom. The molecular formula is C31H40O7. The number of hydrogen-bond acceptors (Lipinski definition) is 7. The van der Waals surface area contributed by atoms with Crippen molar-refractivity contribution in [3.05, 3.63) is 53.1 Å². The van der Waals surface area contributed by atoms with Crippen LogP contribution in [0.25, 0.3) is 6.08 Å². The van der Waals surface area contributed by atoms with E-state index in [9.17, 15) is 14.4 Å². The predicted octanol–water partition coefficient (Wildman–Crippen LogP) is 6.85. The summed E-state index contributed by atoms with van der Waals surface area (Å²) in [5.74, 6) is 0.437. The number of ether oxygens (including phenoxy) is 4. The number of aryl methyl sites for hydroxylation is 1. The molecule has 0 N–H and O–H groups in total. The van der Waals surface area contributed by atoms with Crippen LogP contribution in [-0.4, -0.2) is 31.4 Å². The van der Waals surface area contributed by atoms with Crippen molar-refractivity contribution in [1.29, 1.82) is 0 Å². The molecule has 0 atom stereocenters. The van der Waals surface area contributed by atoms with Gasteiger partial charge in [-0.05, 0) is 103 Å². The summed E-state index contributed by atoms with van der Waals surface area (Å²) < 4.78 is 22.7. The Kier molecular flexibility index (Phi) is 10.3. The van der Waals surface area contributed by atoms with Crippen molar-refractivity contribution in [3.8, 4) is 23.0 Å². The van der Waals surface area contributed by atoms with Crippen LogP contribution in [0.5, 0.6) is 23.0 Å². The van der Waals surface area contributed by atoms with Gasteiger partial charge >= 0.3 is 11.9 Å². The van der Waals surface area contributed by atoms with Gasteiger partial charge in [0.05, 0.1) is 24.5 Å². The fourth-order valence-corrected chi connectivity index (χ4v) is 3.32. The Morgan fingerprint density at radius 3 is 1.89 bits per heavy atom. The first kappa shape index (κ1) is 30.6. The number of carbonyl (C=O) groups excluding carboxylic acids is 3. The van der Waals surface area contributed by atoms with Gasteiger partial charge in [-0.15, -0.1) is 0 Å². The van der Waals surface area contributed by atoms with Gasteiger partial charge in [-0.3, -0.25) is 14.4 Å². The molecule has 0 heterocycles. The molecule has 0 unspecified atom stereocenters. The van der Waals surface area contributed by atoms with Crippen LogP contribution in [0.4, 0.5) is 0 Å². The molecule has 38 heavy (non-hydrogen) atoms. The maximum absolute atomic E-state index is 12.9. The van der Waals surface area contributed by atoms with Gasteiger partial charge in [0, 0.05) is 11.1 Å². The summed E-state index contributed by atoms with van der Waals surface area (Å²) in [6.45, 7) is 14.9. The summed E-state index contributed by atoms with van der Waals surface area (Å²) in [5.41, 5.74) is 0.514. The van der Waals surface area contributed by atoms with Gasteiger partial charge < -0.3 is 18.9 Å². The maximum atomic E-state index is 12.9. The summed E-state index contributed by atoms with van der Waals surface area (Å²) in [5, 5.41) is 0. The SMILES string of the molecule is CCCc1cc(C=CC(=O)c2ccc(OC(=O)C(C)(C)C)cc2)c(OCC)c(OC)c1OC(=O)C(C)(C)C. The molecule has 0 aliphatic carbocycles. The third kappa shape index (κ3) is 7.94. The molecule has 0 aliphatic heterocycles. The van der Waals surface area contributed by atoms with Crippen LogP contribution in [0.15, 0.2) is 36.4 Å². The van der Waals surface area contributed by atoms with E-state index in [1.165, 1.54) is 13.2 Å². The van der Waals surface area contributed by atoms with Crippen LogP contribution >= 0.6 is 0 Å². The summed E-state index contributed by atoms with van der Waals surface area (Å²) in [7, 11) is 1.49. The molecule has 0 bridgehead atoms. The number of allylic oxidation sites excluding steroid dienone is 1. The van der Waals surface area contributed by atoms with E-state index in [2.05, 4.69) is 0 Å². The lowest BCUT2D eigenvalue weighted by Gasteiger charge is -2.22. The molecule has 0 saturated heterocycles. The van der Waals surface area contributed by atoms with Crippen LogP contribution < -0.4 is 18.9 Å². The van der Waals surface area contributed by atoms with Crippen LogP contribution in [0, 0.1) is 10.8 Å². The molecule has 0 amide bonds. The zero-order valence-corrected chi connectivity index (χ0v) is 24.0. The average Bonchev–Trinajstić information content (AvgIpc) is 2.84. The number of ketones is 1. The third-order valence-electron chi connectivity index (χ3n) is 5.49. The number of carbonyl (C=O) groups is 3. The Labute approximate surface area is 226 Å². The minimum absolute atomic E-state index is 0.236. The minimum Gasteiger partial charge on any atom is -0.490 e. The topological polar surface area (TPSA) is 88.1 Å².